The Labute approximate surface area is 182 Å². The van der Waals surface area contributed by atoms with Gasteiger partial charge in [0.25, 0.3) is 0 Å². The maximum absolute atomic E-state index is 9.17. The molecule has 1 fully saturated rings. The second-order valence-electron chi connectivity index (χ2n) is 7.74. The number of piperidine rings is 1. The van der Waals surface area contributed by atoms with Crippen LogP contribution in [0.15, 0.2) is 47.2 Å². The van der Waals surface area contributed by atoms with Crippen LogP contribution in [-0.2, 0) is 0 Å². The van der Waals surface area contributed by atoms with Gasteiger partial charge in [-0.3, -0.25) is 0 Å². The van der Waals surface area contributed by atoms with Gasteiger partial charge in [0.2, 0.25) is 0 Å². The Hall–Kier alpha value is -2.95. The van der Waals surface area contributed by atoms with Gasteiger partial charge in [0.1, 0.15) is 29.3 Å². The summed E-state index contributed by atoms with van der Waals surface area (Å²) in [5.74, 6) is 0.874. The molecule has 1 N–H and O–H groups in total. The second kappa shape index (κ2) is 7.71. The fourth-order valence-corrected chi connectivity index (χ4v) is 4.42. The van der Waals surface area contributed by atoms with Crippen molar-refractivity contribution in [3.05, 3.63) is 52.9 Å². The molecule has 6 nitrogen and oxygen atoms in total. The molecule has 0 saturated carbocycles. The molecule has 4 aromatic rings. The minimum absolute atomic E-state index is 0.260. The van der Waals surface area contributed by atoms with E-state index in [2.05, 4.69) is 67.1 Å². The Morgan fingerprint density at radius 2 is 1.93 bits per heavy atom. The predicted octanol–water partition coefficient (Wildman–Crippen LogP) is 4.89. The van der Waals surface area contributed by atoms with Crippen molar-refractivity contribution in [2.24, 2.45) is 0 Å². The number of aromatic nitrogens is 3. The molecule has 5 rings (SSSR count). The van der Waals surface area contributed by atoms with Crippen LogP contribution in [0.2, 0.25) is 0 Å². The molecule has 0 bridgehead atoms. The number of nitrogens with one attached hydrogen (secondary N) is 1. The first-order valence-electron chi connectivity index (χ1n) is 9.93. The molecule has 0 spiro atoms. The summed E-state index contributed by atoms with van der Waals surface area (Å²) < 4.78 is 7.17. The van der Waals surface area contributed by atoms with Crippen LogP contribution < -0.4 is 4.74 Å². The molecule has 0 unspecified atom stereocenters. The van der Waals surface area contributed by atoms with E-state index in [9.17, 15) is 0 Å². The number of hydrogen-bond donors (Lipinski definition) is 1. The van der Waals surface area contributed by atoms with Crippen LogP contribution in [0.5, 0.6) is 5.75 Å². The Morgan fingerprint density at radius 3 is 2.70 bits per heavy atom. The molecule has 0 aliphatic carbocycles. The van der Waals surface area contributed by atoms with Gasteiger partial charge in [-0.1, -0.05) is 6.07 Å². The van der Waals surface area contributed by atoms with Crippen LogP contribution in [-0.4, -0.2) is 46.1 Å². The summed E-state index contributed by atoms with van der Waals surface area (Å²) in [6, 6.07) is 12.2. The predicted molar refractivity (Wildman–Crippen MR) is 120 cm³/mol. The molecule has 1 aromatic carbocycles. The van der Waals surface area contributed by atoms with Crippen LogP contribution in [0, 0.1) is 11.3 Å². The van der Waals surface area contributed by atoms with Crippen molar-refractivity contribution in [1.82, 2.24) is 19.9 Å². The molecule has 1 saturated heterocycles. The van der Waals surface area contributed by atoms with Crippen molar-refractivity contribution in [2.45, 2.75) is 18.9 Å². The fraction of sp³-hybridized carbons (Fsp3) is 0.261. The molecule has 1 aliphatic rings. The van der Waals surface area contributed by atoms with Crippen molar-refractivity contribution in [2.75, 3.05) is 20.1 Å². The summed E-state index contributed by atoms with van der Waals surface area (Å²) in [5.41, 5.74) is 4.11. The summed E-state index contributed by atoms with van der Waals surface area (Å²) in [6.07, 6.45) is 5.89. The average molecular weight is 462 g/mol. The number of pyridine rings is 2. The third-order valence-electron chi connectivity index (χ3n) is 5.67. The van der Waals surface area contributed by atoms with E-state index in [1.165, 1.54) is 0 Å². The molecular weight excluding hydrogens is 442 g/mol. The van der Waals surface area contributed by atoms with Crippen LogP contribution in [0.25, 0.3) is 33.1 Å². The Bertz CT molecular complexity index is 1280. The van der Waals surface area contributed by atoms with E-state index >= 15 is 0 Å². The largest absolute Gasteiger partial charge is 0.489 e. The molecule has 0 amide bonds. The Balaban J connectivity index is 1.47. The minimum atomic E-state index is 0.260. The first-order chi connectivity index (χ1) is 14.6. The van der Waals surface area contributed by atoms with E-state index in [0.29, 0.717) is 5.69 Å². The maximum atomic E-state index is 9.17. The zero-order valence-corrected chi connectivity index (χ0v) is 18.1. The van der Waals surface area contributed by atoms with Gasteiger partial charge in [0, 0.05) is 35.6 Å². The van der Waals surface area contributed by atoms with Gasteiger partial charge in [-0.25, -0.2) is 9.97 Å². The second-order valence-corrected chi connectivity index (χ2v) is 8.59. The first kappa shape index (κ1) is 19.0. The zero-order valence-electron chi connectivity index (χ0n) is 16.5. The Kier molecular flexibility index (Phi) is 4.89. The van der Waals surface area contributed by atoms with Gasteiger partial charge >= 0.3 is 0 Å². The van der Waals surface area contributed by atoms with Crippen molar-refractivity contribution < 1.29 is 4.74 Å². The van der Waals surface area contributed by atoms with Gasteiger partial charge in [-0.15, -0.1) is 0 Å². The fourth-order valence-electron chi connectivity index (χ4n) is 3.95. The van der Waals surface area contributed by atoms with Crippen LogP contribution in [0.1, 0.15) is 18.5 Å². The number of hydrogen-bond acceptors (Lipinski definition) is 5. The number of halogens is 1. The number of fused-ring (bicyclic) bond motifs is 3. The highest BCUT2D eigenvalue weighted by molar-refractivity contribution is 9.10. The summed E-state index contributed by atoms with van der Waals surface area (Å²) >= 11 is 3.68. The van der Waals surface area contributed by atoms with Crippen molar-refractivity contribution in [1.29, 1.82) is 5.26 Å². The number of benzene rings is 1. The lowest BCUT2D eigenvalue weighted by Crippen LogP contribution is -2.35. The highest BCUT2D eigenvalue weighted by Gasteiger charge is 2.19. The minimum Gasteiger partial charge on any atom is -0.489 e. The van der Waals surface area contributed by atoms with E-state index in [0.717, 1.165) is 69.2 Å². The molecule has 0 atom stereocenters. The van der Waals surface area contributed by atoms with E-state index in [4.69, 9.17) is 10.00 Å². The SMILES string of the molecule is CN1CCC(Oc2ccc(-c3cnc4[nH]c5cnc(C#N)cc5c4c3)cc2Br)CC1. The number of ether oxygens (including phenoxy) is 1. The summed E-state index contributed by atoms with van der Waals surface area (Å²) in [5, 5.41) is 11.1. The molecule has 7 heteroatoms. The van der Waals surface area contributed by atoms with Crippen LogP contribution in [0.4, 0.5) is 0 Å². The summed E-state index contributed by atoms with van der Waals surface area (Å²) in [6.45, 7) is 2.14. The highest BCUT2D eigenvalue weighted by atomic mass is 79.9. The molecular formula is C23H20BrN5O. The lowest BCUT2D eigenvalue weighted by molar-refractivity contribution is 0.113. The molecule has 3 aromatic heterocycles. The van der Waals surface area contributed by atoms with Crippen molar-refractivity contribution in [3.8, 4) is 22.9 Å². The van der Waals surface area contributed by atoms with Gasteiger partial charge in [-0.2, -0.15) is 5.26 Å². The van der Waals surface area contributed by atoms with Gasteiger partial charge in [0.05, 0.1) is 16.2 Å². The number of nitriles is 1. The van der Waals surface area contributed by atoms with Crippen LogP contribution in [0.3, 0.4) is 0 Å². The molecule has 0 radical (unpaired) electrons. The number of rotatable bonds is 3. The van der Waals surface area contributed by atoms with E-state index in [-0.39, 0.29) is 6.10 Å². The quantitative estimate of drug-likeness (QED) is 0.469. The van der Waals surface area contributed by atoms with Crippen LogP contribution >= 0.6 is 15.9 Å². The summed E-state index contributed by atoms with van der Waals surface area (Å²) in [4.78, 5) is 14.3. The summed E-state index contributed by atoms with van der Waals surface area (Å²) in [7, 11) is 2.15. The third-order valence-corrected chi connectivity index (χ3v) is 6.29. The molecule has 30 heavy (non-hydrogen) atoms. The molecule has 1 aliphatic heterocycles. The van der Waals surface area contributed by atoms with E-state index < -0.39 is 0 Å². The number of aromatic amines is 1. The van der Waals surface area contributed by atoms with E-state index in [1.54, 1.807) is 12.3 Å². The maximum Gasteiger partial charge on any atom is 0.141 e. The number of H-pyrrole nitrogens is 1. The topological polar surface area (TPSA) is 77.8 Å². The lowest BCUT2D eigenvalue weighted by atomic mass is 10.1. The van der Waals surface area contributed by atoms with E-state index in [1.807, 2.05) is 12.3 Å². The smallest absolute Gasteiger partial charge is 0.141 e. The number of likely N-dealkylation sites (tertiary alicyclic amines) is 1. The third kappa shape index (κ3) is 3.53. The standard InChI is InChI=1S/C23H20BrN5O/c1-29-6-4-17(5-7-29)30-22-3-2-14(9-20(22)24)15-8-19-18-10-16(11-25)26-13-21(18)28-23(19)27-12-15/h2-3,8-10,12-13,17H,4-7H2,1H3,(H,27,28). The first-order valence-corrected chi connectivity index (χ1v) is 10.7. The van der Waals surface area contributed by atoms with Crippen molar-refractivity contribution in [3.63, 3.8) is 0 Å². The monoisotopic (exact) mass is 461 g/mol. The van der Waals surface area contributed by atoms with Gasteiger partial charge < -0.3 is 14.6 Å². The molecule has 150 valence electrons. The lowest BCUT2D eigenvalue weighted by Gasteiger charge is -2.29. The van der Waals surface area contributed by atoms with Crippen molar-refractivity contribution >= 4 is 37.9 Å². The average Bonchev–Trinajstić information content (AvgIpc) is 3.13. The van der Waals surface area contributed by atoms with Gasteiger partial charge in [-0.05, 0) is 65.6 Å². The number of nitrogens with zero attached hydrogens (tertiary/aromatic N) is 4. The molecule has 4 heterocycles. The normalized spacial score (nSPS) is 15.5. The highest BCUT2D eigenvalue weighted by Crippen LogP contribution is 2.34. The zero-order chi connectivity index (χ0) is 20.7. The van der Waals surface area contributed by atoms with Gasteiger partial charge in [0.15, 0.2) is 0 Å². The Morgan fingerprint density at radius 1 is 1.10 bits per heavy atom.